The summed E-state index contributed by atoms with van der Waals surface area (Å²) in [6.45, 7) is 9.04. The third kappa shape index (κ3) is 7.23. The molecule has 0 fully saturated rings. The van der Waals surface area contributed by atoms with Gasteiger partial charge in [0.1, 0.15) is 0 Å². The van der Waals surface area contributed by atoms with Gasteiger partial charge in [-0.3, -0.25) is 4.99 Å². The van der Waals surface area contributed by atoms with E-state index in [1.165, 1.54) is 12.8 Å². The van der Waals surface area contributed by atoms with Crippen LogP contribution in [0.3, 0.4) is 0 Å². The van der Waals surface area contributed by atoms with Crippen molar-refractivity contribution in [2.45, 2.75) is 46.6 Å². The summed E-state index contributed by atoms with van der Waals surface area (Å²) in [7, 11) is 5.83. The van der Waals surface area contributed by atoms with Crippen molar-refractivity contribution in [1.29, 1.82) is 0 Å². The van der Waals surface area contributed by atoms with Crippen molar-refractivity contribution >= 4 is 5.96 Å². The van der Waals surface area contributed by atoms with Crippen LogP contribution >= 0.6 is 0 Å². The van der Waals surface area contributed by atoms with Gasteiger partial charge in [0.15, 0.2) is 5.96 Å². The maximum atomic E-state index is 4.20. The summed E-state index contributed by atoms with van der Waals surface area (Å²) in [5.74, 6) is 0.955. The molecule has 3 nitrogen and oxygen atoms in total. The molecule has 0 aliphatic rings. The van der Waals surface area contributed by atoms with E-state index in [0.29, 0.717) is 11.5 Å². The monoisotopic (exact) mass is 213 g/mol. The third-order valence-corrected chi connectivity index (χ3v) is 2.34. The number of aliphatic imine (C=N–C) groups is 1. The number of nitrogens with one attached hydrogen (secondary N) is 1. The van der Waals surface area contributed by atoms with Gasteiger partial charge in [0.25, 0.3) is 0 Å². The number of hydrogen-bond acceptors (Lipinski definition) is 1. The Balaban J connectivity index is 3.98. The van der Waals surface area contributed by atoms with Gasteiger partial charge < -0.3 is 10.2 Å². The normalized spacial score (nSPS) is 15.0. The molecule has 0 saturated heterocycles. The number of rotatable bonds is 3. The Morgan fingerprint density at radius 2 is 1.87 bits per heavy atom. The smallest absolute Gasteiger partial charge is 0.193 e. The summed E-state index contributed by atoms with van der Waals surface area (Å²) < 4.78 is 0. The molecule has 1 unspecified atom stereocenters. The molecule has 1 N–H and O–H groups in total. The Labute approximate surface area is 95.0 Å². The zero-order valence-corrected chi connectivity index (χ0v) is 11.4. The highest BCUT2D eigenvalue weighted by molar-refractivity contribution is 5.79. The van der Waals surface area contributed by atoms with Crippen LogP contribution in [0.15, 0.2) is 4.99 Å². The van der Waals surface area contributed by atoms with Gasteiger partial charge in [-0.2, -0.15) is 0 Å². The summed E-state index contributed by atoms with van der Waals surface area (Å²) in [5.41, 5.74) is 0.414. The predicted octanol–water partition coefficient (Wildman–Crippen LogP) is 2.34. The Hall–Kier alpha value is -0.730. The summed E-state index contributed by atoms with van der Waals surface area (Å²) >= 11 is 0. The molecule has 0 bridgehead atoms. The van der Waals surface area contributed by atoms with E-state index in [9.17, 15) is 0 Å². The van der Waals surface area contributed by atoms with Gasteiger partial charge in [0, 0.05) is 27.2 Å². The van der Waals surface area contributed by atoms with Gasteiger partial charge in [-0.25, -0.2) is 0 Å². The Kier molecular flexibility index (Phi) is 5.69. The fraction of sp³-hybridized carbons (Fsp3) is 0.917. The molecule has 0 aromatic carbocycles. The third-order valence-electron chi connectivity index (χ3n) is 2.34. The van der Waals surface area contributed by atoms with Crippen molar-refractivity contribution in [2.24, 2.45) is 10.4 Å². The van der Waals surface area contributed by atoms with Crippen LogP contribution in [0, 0.1) is 5.41 Å². The summed E-state index contributed by atoms with van der Waals surface area (Å²) in [6.07, 6.45) is 2.40. The molecule has 0 aromatic heterocycles. The van der Waals surface area contributed by atoms with Crippen LogP contribution in [0.2, 0.25) is 0 Å². The first kappa shape index (κ1) is 14.3. The number of guanidine groups is 1. The molecule has 1 atom stereocenters. The van der Waals surface area contributed by atoms with Crippen molar-refractivity contribution < 1.29 is 0 Å². The molecule has 0 radical (unpaired) electrons. The topological polar surface area (TPSA) is 27.6 Å². The highest BCUT2D eigenvalue weighted by atomic mass is 15.3. The zero-order chi connectivity index (χ0) is 12.1. The fourth-order valence-electron chi connectivity index (χ4n) is 1.34. The highest BCUT2D eigenvalue weighted by Crippen LogP contribution is 2.21. The first-order valence-corrected chi connectivity index (χ1v) is 5.67. The maximum absolute atomic E-state index is 4.20. The lowest BCUT2D eigenvalue weighted by molar-refractivity contribution is 0.344. The van der Waals surface area contributed by atoms with E-state index in [0.717, 1.165) is 5.96 Å². The van der Waals surface area contributed by atoms with Crippen LogP contribution < -0.4 is 5.32 Å². The average molecular weight is 213 g/mol. The van der Waals surface area contributed by atoms with Crippen LogP contribution in [0.4, 0.5) is 0 Å². The van der Waals surface area contributed by atoms with E-state index in [4.69, 9.17) is 0 Å². The Morgan fingerprint density at radius 1 is 1.33 bits per heavy atom. The van der Waals surface area contributed by atoms with Crippen molar-refractivity contribution in [3.05, 3.63) is 0 Å². The molecule has 0 aromatic rings. The van der Waals surface area contributed by atoms with Crippen LogP contribution in [-0.2, 0) is 0 Å². The molecule has 90 valence electrons. The molecule has 0 rings (SSSR count). The standard InChI is InChI=1S/C12H27N3/c1-10(8-9-12(2,3)4)14-11(13-5)15(6)7/h10H,8-9H2,1-7H3,(H,13,14). The summed E-state index contributed by atoms with van der Waals surface area (Å²) in [4.78, 5) is 6.21. The zero-order valence-electron chi connectivity index (χ0n) is 11.4. The second-order valence-corrected chi connectivity index (χ2v) is 5.59. The van der Waals surface area contributed by atoms with E-state index in [2.05, 4.69) is 38.0 Å². The van der Waals surface area contributed by atoms with E-state index in [1.54, 1.807) is 0 Å². The molecule has 0 aliphatic carbocycles. The van der Waals surface area contributed by atoms with Gasteiger partial charge in [-0.15, -0.1) is 0 Å². The summed E-state index contributed by atoms with van der Waals surface area (Å²) in [6, 6.07) is 0.477. The van der Waals surface area contributed by atoms with Crippen molar-refractivity contribution in [1.82, 2.24) is 10.2 Å². The van der Waals surface area contributed by atoms with E-state index in [-0.39, 0.29) is 0 Å². The van der Waals surface area contributed by atoms with Crippen LogP contribution in [0.1, 0.15) is 40.5 Å². The van der Waals surface area contributed by atoms with Gasteiger partial charge in [-0.05, 0) is 25.2 Å². The average Bonchev–Trinajstić information content (AvgIpc) is 2.09. The van der Waals surface area contributed by atoms with Crippen molar-refractivity contribution in [2.75, 3.05) is 21.1 Å². The lowest BCUT2D eigenvalue weighted by Gasteiger charge is -2.24. The lowest BCUT2D eigenvalue weighted by Crippen LogP contribution is -2.41. The molecular weight excluding hydrogens is 186 g/mol. The van der Waals surface area contributed by atoms with Gasteiger partial charge in [-0.1, -0.05) is 20.8 Å². The molecule has 0 saturated carbocycles. The molecule has 15 heavy (non-hydrogen) atoms. The second kappa shape index (κ2) is 5.99. The van der Waals surface area contributed by atoms with E-state index >= 15 is 0 Å². The fourth-order valence-corrected chi connectivity index (χ4v) is 1.34. The minimum absolute atomic E-state index is 0.414. The molecule has 0 spiro atoms. The quantitative estimate of drug-likeness (QED) is 0.575. The first-order valence-electron chi connectivity index (χ1n) is 5.67. The van der Waals surface area contributed by atoms with Crippen LogP contribution in [-0.4, -0.2) is 38.0 Å². The largest absolute Gasteiger partial charge is 0.354 e. The minimum atomic E-state index is 0.414. The second-order valence-electron chi connectivity index (χ2n) is 5.59. The number of nitrogens with zero attached hydrogens (tertiary/aromatic N) is 2. The predicted molar refractivity (Wildman–Crippen MR) is 68.3 cm³/mol. The molecule has 0 aliphatic heterocycles. The number of hydrogen-bond donors (Lipinski definition) is 1. The van der Waals surface area contributed by atoms with Gasteiger partial charge in [0.2, 0.25) is 0 Å². The van der Waals surface area contributed by atoms with Crippen molar-refractivity contribution in [3.63, 3.8) is 0 Å². The highest BCUT2D eigenvalue weighted by Gasteiger charge is 2.13. The molecular formula is C12H27N3. The Morgan fingerprint density at radius 3 is 2.20 bits per heavy atom. The van der Waals surface area contributed by atoms with Crippen LogP contribution in [0.25, 0.3) is 0 Å². The summed E-state index contributed by atoms with van der Waals surface area (Å²) in [5, 5.41) is 3.41. The van der Waals surface area contributed by atoms with Gasteiger partial charge >= 0.3 is 0 Å². The van der Waals surface area contributed by atoms with Gasteiger partial charge in [0.05, 0.1) is 0 Å². The molecule has 0 heterocycles. The molecule has 0 amide bonds. The molecule has 3 heteroatoms. The lowest BCUT2D eigenvalue weighted by atomic mass is 9.89. The van der Waals surface area contributed by atoms with Crippen LogP contribution in [0.5, 0.6) is 0 Å². The SMILES string of the molecule is CN=C(NC(C)CCC(C)(C)C)N(C)C. The maximum Gasteiger partial charge on any atom is 0.193 e. The first-order chi connectivity index (χ1) is 6.76. The minimum Gasteiger partial charge on any atom is -0.354 e. The Bertz CT molecular complexity index is 201. The van der Waals surface area contributed by atoms with Crippen molar-refractivity contribution in [3.8, 4) is 0 Å². The van der Waals surface area contributed by atoms with E-state index < -0.39 is 0 Å². The van der Waals surface area contributed by atoms with E-state index in [1.807, 2.05) is 26.0 Å².